The zero-order valence-corrected chi connectivity index (χ0v) is 17.4. The maximum atomic E-state index is 14.5. The Morgan fingerprint density at radius 1 is 0.714 bits per heavy atom. The first-order chi connectivity index (χ1) is 13.6. The highest BCUT2D eigenvalue weighted by atomic mass is 31.1. The first kappa shape index (κ1) is 18.8. The maximum absolute atomic E-state index is 14.5. The van der Waals surface area contributed by atoms with Crippen LogP contribution >= 0.6 is 7.92 Å². The van der Waals surface area contributed by atoms with Crippen molar-refractivity contribution >= 4 is 29.4 Å². The maximum Gasteiger partial charge on any atom is 0.123 e. The molecule has 0 heterocycles. The van der Waals surface area contributed by atoms with Crippen LogP contribution in [0.15, 0.2) is 95.6 Å². The Hall–Kier alpha value is -2.50. The molecule has 140 valence electrons. The molecule has 0 bridgehead atoms. The van der Waals surface area contributed by atoms with Crippen molar-refractivity contribution in [1.82, 2.24) is 0 Å². The molecule has 0 spiro atoms. The van der Waals surface area contributed by atoms with Crippen LogP contribution in [0, 0.1) is 5.82 Å². The van der Waals surface area contributed by atoms with Crippen molar-refractivity contribution in [3.63, 3.8) is 0 Å². The molecule has 28 heavy (non-hydrogen) atoms. The van der Waals surface area contributed by atoms with Gasteiger partial charge in [-0.2, -0.15) is 0 Å². The molecule has 0 aromatic heterocycles. The van der Waals surface area contributed by atoms with Gasteiger partial charge in [-0.1, -0.05) is 72.3 Å². The van der Waals surface area contributed by atoms with E-state index in [1.165, 1.54) is 38.5 Å². The Bertz CT molecular complexity index is 1020. The Kier molecular flexibility index (Phi) is 5.29. The van der Waals surface area contributed by atoms with Gasteiger partial charge in [0.15, 0.2) is 0 Å². The summed E-state index contributed by atoms with van der Waals surface area (Å²) in [5, 5.41) is 3.59. The van der Waals surface area contributed by atoms with Crippen LogP contribution in [0.4, 0.5) is 4.39 Å². The Labute approximate surface area is 168 Å². The van der Waals surface area contributed by atoms with E-state index in [-0.39, 0.29) is 5.82 Å². The van der Waals surface area contributed by atoms with Gasteiger partial charge in [0.1, 0.15) is 5.82 Å². The summed E-state index contributed by atoms with van der Waals surface area (Å²) in [6.45, 7) is 6.59. The molecule has 0 amide bonds. The smallest absolute Gasteiger partial charge is 0.123 e. The highest BCUT2D eigenvalue weighted by molar-refractivity contribution is 7.80. The molecule has 3 aromatic rings. The predicted molar refractivity (Wildman–Crippen MR) is 121 cm³/mol. The van der Waals surface area contributed by atoms with E-state index in [9.17, 15) is 4.39 Å². The van der Waals surface area contributed by atoms with E-state index in [4.69, 9.17) is 0 Å². The minimum Gasteiger partial charge on any atom is -0.207 e. The summed E-state index contributed by atoms with van der Waals surface area (Å²) in [6, 6.07) is 26.4. The van der Waals surface area contributed by atoms with Crippen molar-refractivity contribution in [3.8, 4) is 0 Å². The summed E-state index contributed by atoms with van der Waals surface area (Å²) in [5.41, 5.74) is 6.64. The summed E-state index contributed by atoms with van der Waals surface area (Å²) in [6.07, 6.45) is 0.947. The van der Waals surface area contributed by atoms with Crippen LogP contribution in [0.5, 0.6) is 0 Å². The molecule has 0 nitrogen and oxygen atoms in total. The minimum atomic E-state index is -0.839. The summed E-state index contributed by atoms with van der Waals surface area (Å²) in [7, 11) is -0.839. The minimum absolute atomic E-state index is 0.171. The monoisotopic (exact) mass is 386 g/mol. The van der Waals surface area contributed by atoms with Gasteiger partial charge in [-0.3, -0.25) is 0 Å². The van der Waals surface area contributed by atoms with Gasteiger partial charge in [-0.25, -0.2) is 4.39 Å². The Morgan fingerprint density at radius 2 is 1.29 bits per heavy atom. The quantitative estimate of drug-likeness (QED) is 0.476. The van der Waals surface area contributed by atoms with Gasteiger partial charge >= 0.3 is 0 Å². The SMILES string of the molecule is CC1=C(C)C(C)=C(c2ccc(F)cc2P(c2ccccc2)c2ccccc2)C1. The van der Waals surface area contributed by atoms with E-state index in [1.54, 1.807) is 12.1 Å². The molecule has 0 aliphatic heterocycles. The topological polar surface area (TPSA) is 0 Å². The molecule has 2 heteroatoms. The number of allylic oxidation sites excluding steroid dienone is 4. The summed E-state index contributed by atoms with van der Waals surface area (Å²) in [4.78, 5) is 0. The van der Waals surface area contributed by atoms with Crippen LogP contribution < -0.4 is 15.9 Å². The Balaban J connectivity index is 1.95. The van der Waals surface area contributed by atoms with Crippen LogP contribution in [0.3, 0.4) is 0 Å². The van der Waals surface area contributed by atoms with E-state index in [0.717, 1.165) is 11.7 Å². The second kappa shape index (κ2) is 7.86. The van der Waals surface area contributed by atoms with Gasteiger partial charge in [0.25, 0.3) is 0 Å². The molecule has 0 fully saturated rings. The van der Waals surface area contributed by atoms with Crippen molar-refractivity contribution in [2.75, 3.05) is 0 Å². The fraction of sp³-hybridized carbons (Fsp3) is 0.154. The van der Waals surface area contributed by atoms with Gasteiger partial charge < -0.3 is 0 Å². The summed E-state index contributed by atoms with van der Waals surface area (Å²) < 4.78 is 14.5. The lowest BCUT2D eigenvalue weighted by molar-refractivity contribution is 0.629. The van der Waals surface area contributed by atoms with Gasteiger partial charge in [0, 0.05) is 0 Å². The normalized spacial score (nSPS) is 14.3. The first-order valence-corrected chi connectivity index (χ1v) is 11.0. The molecule has 0 saturated carbocycles. The van der Waals surface area contributed by atoms with Gasteiger partial charge in [0.05, 0.1) is 0 Å². The molecular formula is C26H24FP. The molecule has 4 rings (SSSR count). The van der Waals surface area contributed by atoms with Crippen molar-refractivity contribution in [2.45, 2.75) is 27.2 Å². The van der Waals surface area contributed by atoms with E-state index in [2.05, 4.69) is 69.3 Å². The third-order valence-electron chi connectivity index (χ3n) is 5.65. The van der Waals surface area contributed by atoms with Crippen molar-refractivity contribution in [2.24, 2.45) is 0 Å². The first-order valence-electron chi connectivity index (χ1n) is 9.63. The summed E-state index contributed by atoms with van der Waals surface area (Å²) in [5.74, 6) is -0.171. The lowest BCUT2D eigenvalue weighted by Crippen LogP contribution is -2.23. The van der Waals surface area contributed by atoms with Gasteiger partial charge in [-0.15, -0.1) is 0 Å². The summed E-state index contributed by atoms with van der Waals surface area (Å²) >= 11 is 0. The average Bonchev–Trinajstić information content (AvgIpc) is 2.97. The molecule has 1 aliphatic carbocycles. The van der Waals surface area contributed by atoms with Crippen LogP contribution in [0.2, 0.25) is 0 Å². The lowest BCUT2D eigenvalue weighted by atomic mass is 10.0. The molecule has 0 N–H and O–H groups in total. The van der Waals surface area contributed by atoms with Crippen LogP contribution in [-0.4, -0.2) is 0 Å². The predicted octanol–water partition coefficient (Wildman–Crippen LogP) is 6.10. The molecule has 0 atom stereocenters. The molecular weight excluding hydrogens is 362 g/mol. The number of rotatable bonds is 4. The fourth-order valence-corrected chi connectivity index (χ4v) is 6.40. The van der Waals surface area contributed by atoms with Crippen molar-refractivity contribution in [3.05, 3.63) is 107 Å². The van der Waals surface area contributed by atoms with E-state index < -0.39 is 7.92 Å². The third kappa shape index (κ3) is 3.48. The third-order valence-corrected chi connectivity index (χ3v) is 8.13. The fourth-order valence-electron chi connectivity index (χ4n) is 3.90. The number of halogens is 1. The largest absolute Gasteiger partial charge is 0.207 e. The molecule has 0 unspecified atom stereocenters. The number of benzene rings is 3. The van der Waals surface area contributed by atoms with Crippen LogP contribution in [-0.2, 0) is 0 Å². The molecule has 0 radical (unpaired) electrons. The lowest BCUT2D eigenvalue weighted by Gasteiger charge is -2.23. The number of hydrogen-bond acceptors (Lipinski definition) is 0. The molecule has 0 saturated heterocycles. The van der Waals surface area contributed by atoms with Crippen LogP contribution in [0.1, 0.15) is 32.8 Å². The molecule has 1 aliphatic rings. The van der Waals surface area contributed by atoms with Crippen molar-refractivity contribution < 1.29 is 4.39 Å². The van der Waals surface area contributed by atoms with E-state index in [1.807, 2.05) is 18.2 Å². The second-order valence-corrected chi connectivity index (χ2v) is 9.54. The zero-order chi connectivity index (χ0) is 19.7. The van der Waals surface area contributed by atoms with Crippen LogP contribution in [0.25, 0.3) is 5.57 Å². The van der Waals surface area contributed by atoms with Gasteiger partial charge in [-0.05, 0) is 85.4 Å². The highest BCUT2D eigenvalue weighted by Crippen LogP contribution is 2.42. The van der Waals surface area contributed by atoms with Crippen molar-refractivity contribution in [1.29, 1.82) is 0 Å². The second-order valence-electron chi connectivity index (χ2n) is 7.35. The molecule has 3 aromatic carbocycles. The zero-order valence-electron chi connectivity index (χ0n) is 16.5. The standard InChI is InChI=1S/C26H24FP/c1-18-16-25(20(3)19(18)2)24-15-14-21(27)17-26(24)28(22-10-6-4-7-11-22)23-12-8-5-9-13-23/h4-15,17H,16H2,1-3H3. The number of hydrogen-bond donors (Lipinski definition) is 0. The van der Waals surface area contributed by atoms with Gasteiger partial charge in [0.2, 0.25) is 0 Å². The average molecular weight is 386 g/mol. The van der Waals surface area contributed by atoms with E-state index >= 15 is 0 Å². The Morgan fingerprint density at radius 3 is 1.79 bits per heavy atom. The highest BCUT2D eigenvalue weighted by Gasteiger charge is 2.25. The van der Waals surface area contributed by atoms with E-state index in [0.29, 0.717) is 0 Å².